The van der Waals surface area contributed by atoms with Crippen molar-refractivity contribution in [3.63, 3.8) is 0 Å². The topological polar surface area (TPSA) is 70.8 Å². The number of hydrogen-bond acceptors (Lipinski definition) is 2. The molecule has 0 aromatic heterocycles. The van der Waals surface area contributed by atoms with E-state index in [4.69, 9.17) is 5.11 Å². The summed E-state index contributed by atoms with van der Waals surface area (Å²) in [6.07, 6.45) is 1.17. The molecule has 0 atom stereocenters. The van der Waals surface area contributed by atoms with Gasteiger partial charge in [0.2, 0.25) is 0 Å². The first kappa shape index (κ1) is 52.9. The van der Waals surface area contributed by atoms with Crippen LogP contribution in [0.1, 0.15) is 36.1 Å². The molecule has 0 fully saturated rings. The molecule has 4 heteroatoms. The van der Waals surface area contributed by atoms with Crippen LogP contribution < -0.4 is 0 Å². The van der Waals surface area contributed by atoms with E-state index in [1.807, 2.05) is 0 Å². The van der Waals surface area contributed by atoms with Crippen LogP contribution in [0.25, 0.3) is 6.15 Å². The van der Waals surface area contributed by atoms with Gasteiger partial charge in [-0.25, -0.2) is 0 Å². The van der Waals surface area contributed by atoms with Gasteiger partial charge in [-0.05, 0) is 13.8 Å². The van der Waals surface area contributed by atoms with Crippen LogP contribution in [-0.4, -0.2) is 10.9 Å². The summed E-state index contributed by atoms with van der Waals surface area (Å²) in [6, 6.07) is 0. The first-order chi connectivity index (χ1) is 3.13. The molecule has 3 nitrogen and oxygen atoms in total. The summed E-state index contributed by atoms with van der Waals surface area (Å²) in [5, 5.41) is 8.36. The molecule has 0 saturated carbocycles. The Morgan fingerprint density at radius 1 is 1.15 bits per heavy atom. The second kappa shape index (κ2) is 29.8. The predicted octanol–water partition coefficient (Wildman–Crippen LogP) is 4.11. The molecular formula is C9H25IrNO2-2. The number of carbonyl (C=O) groups excluding carboxylic acids is 1. The minimum absolute atomic E-state index is 0. The average molecular weight is 372 g/mol. The van der Waals surface area contributed by atoms with E-state index in [1.165, 1.54) is 19.9 Å². The quantitative estimate of drug-likeness (QED) is 0.428. The molecule has 0 bridgehead atoms. The van der Waals surface area contributed by atoms with Crippen molar-refractivity contribution in [2.24, 2.45) is 0 Å². The number of ketones is 1. The Morgan fingerprint density at radius 2 is 1.38 bits per heavy atom. The molecule has 0 aromatic rings. The second-order valence-corrected chi connectivity index (χ2v) is 1.40. The number of carbonyl (C=O) groups is 1. The van der Waals surface area contributed by atoms with Crippen LogP contribution >= 0.6 is 0 Å². The fourth-order valence-electron chi connectivity index (χ4n) is 0.294. The summed E-state index contributed by atoms with van der Waals surface area (Å²) in [4.78, 5) is 10.0. The van der Waals surface area contributed by atoms with Gasteiger partial charge < -0.3 is 18.7 Å². The SMILES string of the molecule is C.C.C.CC(=O)C=C(C)O.[CH3-].[Ir].[NH2-]. The van der Waals surface area contributed by atoms with Gasteiger partial charge in [0.05, 0.1) is 5.76 Å². The van der Waals surface area contributed by atoms with Gasteiger partial charge in [0.15, 0.2) is 5.78 Å². The Balaban J connectivity index is -0.0000000120. The summed E-state index contributed by atoms with van der Waals surface area (Å²) in [6.45, 7) is 2.85. The Hall–Kier alpha value is -0.181. The minimum atomic E-state index is -0.125. The fraction of sp³-hybridized carbons (Fsp3) is 0.556. The van der Waals surface area contributed by atoms with E-state index in [2.05, 4.69) is 0 Å². The molecule has 0 rings (SSSR count). The predicted molar refractivity (Wildman–Crippen MR) is 59.0 cm³/mol. The molecule has 0 aliphatic carbocycles. The van der Waals surface area contributed by atoms with Crippen LogP contribution in [0.3, 0.4) is 0 Å². The Labute approximate surface area is 97.6 Å². The van der Waals surface area contributed by atoms with E-state index in [9.17, 15) is 4.79 Å². The van der Waals surface area contributed by atoms with Gasteiger partial charge in [-0.3, -0.25) is 4.79 Å². The van der Waals surface area contributed by atoms with Crippen LogP contribution in [0.2, 0.25) is 0 Å². The summed E-state index contributed by atoms with van der Waals surface area (Å²) in [7, 11) is 0. The summed E-state index contributed by atoms with van der Waals surface area (Å²) in [5.41, 5.74) is 0. The molecule has 0 aromatic carbocycles. The molecular weight excluding hydrogens is 346 g/mol. The number of aliphatic hydroxyl groups excluding tert-OH is 1. The first-order valence-electron chi connectivity index (χ1n) is 2.01. The van der Waals surface area contributed by atoms with Crippen molar-refractivity contribution in [1.29, 1.82) is 0 Å². The van der Waals surface area contributed by atoms with Crippen molar-refractivity contribution < 1.29 is 30.0 Å². The van der Waals surface area contributed by atoms with E-state index in [-0.39, 0.29) is 67.5 Å². The smallest absolute Gasteiger partial charge is 0.155 e. The van der Waals surface area contributed by atoms with Crippen molar-refractivity contribution >= 4 is 5.78 Å². The maximum absolute atomic E-state index is 10.0. The van der Waals surface area contributed by atoms with Crippen LogP contribution in [0.15, 0.2) is 11.8 Å². The van der Waals surface area contributed by atoms with E-state index in [1.54, 1.807) is 0 Å². The van der Waals surface area contributed by atoms with E-state index in [0.717, 1.165) is 0 Å². The van der Waals surface area contributed by atoms with Crippen LogP contribution in [-0.2, 0) is 24.9 Å². The van der Waals surface area contributed by atoms with Gasteiger partial charge in [0.25, 0.3) is 0 Å². The molecule has 89 valence electrons. The number of allylic oxidation sites excluding steroid dienone is 2. The Morgan fingerprint density at radius 3 is 1.38 bits per heavy atom. The molecule has 0 heterocycles. The van der Waals surface area contributed by atoms with Crippen LogP contribution in [0, 0.1) is 7.43 Å². The number of aliphatic hydroxyl groups is 1. The summed E-state index contributed by atoms with van der Waals surface area (Å²) in [5.74, 6) is -0.0625. The van der Waals surface area contributed by atoms with E-state index >= 15 is 0 Å². The monoisotopic (exact) mass is 372 g/mol. The van der Waals surface area contributed by atoms with Gasteiger partial charge in [-0.1, -0.05) is 22.3 Å². The van der Waals surface area contributed by atoms with Crippen molar-refractivity contribution in [2.75, 3.05) is 0 Å². The van der Waals surface area contributed by atoms with Gasteiger partial charge >= 0.3 is 0 Å². The normalized spacial score (nSPS) is 6.15. The van der Waals surface area contributed by atoms with Crippen molar-refractivity contribution in [1.82, 2.24) is 0 Å². The van der Waals surface area contributed by atoms with Crippen molar-refractivity contribution in [2.45, 2.75) is 36.1 Å². The molecule has 0 saturated heterocycles. The van der Waals surface area contributed by atoms with Gasteiger partial charge in [-0.15, -0.1) is 0 Å². The van der Waals surface area contributed by atoms with Crippen molar-refractivity contribution in [3.05, 3.63) is 25.4 Å². The molecule has 13 heavy (non-hydrogen) atoms. The fourth-order valence-corrected chi connectivity index (χ4v) is 0.294. The molecule has 1 radical (unpaired) electrons. The molecule has 3 N–H and O–H groups in total. The number of hydrogen-bond donors (Lipinski definition) is 1. The van der Waals surface area contributed by atoms with E-state index < -0.39 is 0 Å². The number of nitrogens with two attached hydrogens (primary N) is 1. The zero-order valence-corrected chi connectivity index (χ0v) is 8.74. The zero-order valence-electron chi connectivity index (χ0n) is 6.34. The molecule has 0 aliphatic rings. The average Bonchev–Trinajstić information content (AvgIpc) is 1.27. The molecule has 0 unspecified atom stereocenters. The van der Waals surface area contributed by atoms with Gasteiger partial charge in [0.1, 0.15) is 0 Å². The maximum Gasteiger partial charge on any atom is 0.155 e. The number of rotatable bonds is 1. The largest absolute Gasteiger partial charge is 0.693 e. The first-order valence-corrected chi connectivity index (χ1v) is 2.01. The van der Waals surface area contributed by atoms with Gasteiger partial charge in [-0.2, -0.15) is 0 Å². The second-order valence-electron chi connectivity index (χ2n) is 1.40. The Kier molecular flexibility index (Phi) is 121. The van der Waals surface area contributed by atoms with E-state index in [0.29, 0.717) is 0 Å². The minimum Gasteiger partial charge on any atom is -0.693 e. The maximum atomic E-state index is 10.0. The summed E-state index contributed by atoms with van der Waals surface area (Å²) < 4.78 is 0. The zero-order chi connectivity index (χ0) is 5.86. The van der Waals surface area contributed by atoms with Gasteiger partial charge in [0, 0.05) is 26.2 Å². The third kappa shape index (κ3) is 78.1. The van der Waals surface area contributed by atoms with Crippen LogP contribution in [0.5, 0.6) is 0 Å². The molecule has 0 aliphatic heterocycles. The van der Waals surface area contributed by atoms with Crippen molar-refractivity contribution in [3.8, 4) is 0 Å². The summed E-state index contributed by atoms with van der Waals surface area (Å²) >= 11 is 0. The standard InChI is InChI=1S/C5H8O2.3CH4.CH3.Ir.H2N/c1-4(6)3-5(2)7;;;;;;/h3,6H,1-2H3;3*1H4;1H3;;1H2/q;;;;-1;;-1. The Bertz CT molecular complexity index is 110. The third-order valence-corrected chi connectivity index (χ3v) is 0.412. The molecule has 0 amide bonds. The van der Waals surface area contributed by atoms with Crippen LogP contribution in [0.4, 0.5) is 0 Å². The molecule has 0 spiro atoms. The third-order valence-electron chi connectivity index (χ3n) is 0.412.